The van der Waals surface area contributed by atoms with Gasteiger partial charge in [-0.1, -0.05) is 0 Å². The molecule has 0 amide bonds. The van der Waals surface area contributed by atoms with Gasteiger partial charge in [0.25, 0.3) is 0 Å². The molecule has 1 aliphatic rings. The highest BCUT2D eigenvalue weighted by Gasteiger charge is 2.35. The smallest absolute Gasteiger partial charge is 0.458 e. The molecule has 0 aromatic carbocycles. The molecule has 1 fully saturated rings. The summed E-state index contributed by atoms with van der Waals surface area (Å²) >= 11 is 0. The van der Waals surface area contributed by atoms with Crippen LogP contribution in [0.2, 0.25) is 0 Å². The zero-order chi connectivity index (χ0) is 16.3. The van der Waals surface area contributed by atoms with Gasteiger partial charge >= 0.3 is 12.1 Å². The Labute approximate surface area is 128 Å². The van der Waals surface area contributed by atoms with Crippen molar-refractivity contribution in [2.45, 2.75) is 45.3 Å². The SMILES string of the molecule is CC(C)(C)OC(=O)[C@H]1CCCN1c1ncc(OC(=O)O)cn1. The first-order valence-corrected chi connectivity index (χ1v) is 6.98. The first-order valence-electron chi connectivity index (χ1n) is 6.98. The zero-order valence-electron chi connectivity index (χ0n) is 12.8. The van der Waals surface area contributed by atoms with Gasteiger partial charge in [-0.15, -0.1) is 0 Å². The van der Waals surface area contributed by atoms with E-state index in [9.17, 15) is 9.59 Å². The summed E-state index contributed by atoms with van der Waals surface area (Å²) in [4.78, 5) is 32.6. The third-order valence-corrected chi connectivity index (χ3v) is 3.01. The molecule has 1 atom stereocenters. The van der Waals surface area contributed by atoms with Crippen LogP contribution < -0.4 is 9.64 Å². The van der Waals surface area contributed by atoms with E-state index in [0.717, 1.165) is 6.42 Å². The third kappa shape index (κ3) is 4.06. The van der Waals surface area contributed by atoms with Crippen LogP contribution in [-0.4, -0.2) is 45.4 Å². The minimum atomic E-state index is -1.43. The van der Waals surface area contributed by atoms with Gasteiger partial charge in [-0.05, 0) is 33.6 Å². The van der Waals surface area contributed by atoms with E-state index in [0.29, 0.717) is 18.9 Å². The Hall–Kier alpha value is -2.38. The van der Waals surface area contributed by atoms with Gasteiger partial charge in [0.2, 0.25) is 5.95 Å². The predicted molar refractivity (Wildman–Crippen MR) is 76.9 cm³/mol. The fraction of sp³-hybridized carbons (Fsp3) is 0.571. The fourth-order valence-corrected chi connectivity index (χ4v) is 2.23. The number of aromatic nitrogens is 2. The summed E-state index contributed by atoms with van der Waals surface area (Å²) in [7, 11) is 0. The molecule has 0 unspecified atom stereocenters. The van der Waals surface area contributed by atoms with Gasteiger partial charge in [-0.25, -0.2) is 19.6 Å². The number of carbonyl (C=O) groups excluding carboxylic acids is 1. The molecule has 0 radical (unpaired) electrons. The van der Waals surface area contributed by atoms with Crippen LogP contribution in [0.15, 0.2) is 12.4 Å². The normalized spacial score (nSPS) is 18.1. The molecule has 22 heavy (non-hydrogen) atoms. The Kier molecular flexibility index (Phi) is 4.48. The second-order valence-electron chi connectivity index (χ2n) is 5.97. The third-order valence-electron chi connectivity index (χ3n) is 3.01. The van der Waals surface area contributed by atoms with Crippen LogP contribution in [0.3, 0.4) is 0 Å². The summed E-state index contributed by atoms with van der Waals surface area (Å²) in [6.07, 6.45) is 2.61. The molecule has 0 aliphatic carbocycles. The highest BCUT2D eigenvalue weighted by Crippen LogP contribution is 2.25. The molecule has 2 heterocycles. The lowest BCUT2D eigenvalue weighted by atomic mass is 10.1. The fourth-order valence-electron chi connectivity index (χ4n) is 2.23. The first kappa shape index (κ1) is 16.0. The number of anilines is 1. The van der Waals surface area contributed by atoms with Crippen LogP contribution in [-0.2, 0) is 9.53 Å². The van der Waals surface area contributed by atoms with Crippen molar-refractivity contribution >= 4 is 18.1 Å². The average Bonchev–Trinajstić information content (AvgIpc) is 2.86. The second kappa shape index (κ2) is 6.17. The van der Waals surface area contributed by atoms with Crippen LogP contribution in [0.4, 0.5) is 10.7 Å². The molecule has 0 saturated carbocycles. The molecule has 2 rings (SSSR count). The minimum absolute atomic E-state index is 0.0317. The molecular weight excluding hydrogens is 290 g/mol. The van der Waals surface area contributed by atoms with Crippen molar-refractivity contribution in [1.29, 1.82) is 0 Å². The molecule has 0 spiro atoms. The Bertz CT molecular complexity index is 553. The van der Waals surface area contributed by atoms with Gasteiger partial charge in [0.05, 0.1) is 12.4 Å². The monoisotopic (exact) mass is 309 g/mol. The maximum atomic E-state index is 12.2. The van der Waals surface area contributed by atoms with Crippen molar-refractivity contribution in [2.75, 3.05) is 11.4 Å². The lowest BCUT2D eigenvalue weighted by Crippen LogP contribution is -2.41. The number of hydrogen-bond acceptors (Lipinski definition) is 7. The zero-order valence-corrected chi connectivity index (χ0v) is 12.8. The minimum Gasteiger partial charge on any atom is -0.458 e. The number of ether oxygens (including phenoxy) is 2. The lowest BCUT2D eigenvalue weighted by Gasteiger charge is -2.27. The number of esters is 1. The van der Waals surface area contributed by atoms with Crippen LogP contribution in [0.25, 0.3) is 0 Å². The summed E-state index contributed by atoms with van der Waals surface area (Å²) < 4.78 is 9.86. The quantitative estimate of drug-likeness (QED) is 0.844. The first-order chi connectivity index (χ1) is 10.3. The average molecular weight is 309 g/mol. The summed E-state index contributed by atoms with van der Waals surface area (Å²) in [5.74, 6) is 0.0785. The van der Waals surface area contributed by atoms with Crippen molar-refractivity contribution in [3.05, 3.63) is 12.4 Å². The standard InChI is InChI=1S/C14H19N3O5/c1-14(2,3)22-11(18)10-5-4-6-17(10)12-15-7-9(8-16-12)21-13(19)20/h7-8,10H,4-6H2,1-3H3,(H,19,20)/t10-/m1/s1. The van der Waals surface area contributed by atoms with Crippen molar-refractivity contribution in [2.24, 2.45) is 0 Å². The van der Waals surface area contributed by atoms with Gasteiger partial charge < -0.3 is 19.5 Å². The van der Waals surface area contributed by atoms with E-state index in [-0.39, 0.29) is 11.7 Å². The molecule has 1 aromatic heterocycles. The summed E-state index contributed by atoms with van der Waals surface area (Å²) in [5.41, 5.74) is -0.550. The number of hydrogen-bond donors (Lipinski definition) is 1. The Morgan fingerprint density at radius 2 is 1.95 bits per heavy atom. The molecule has 1 N–H and O–H groups in total. The Balaban J connectivity index is 2.10. The van der Waals surface area contributed by atoms with E-state index in [1.165, 1.54) is 12.4 Å². The highest BCUT2D eigenvalue weighted by atomic mass is 16.7. The largest absolute Gasteiger partial charge is 0.511 e. The molecule has 1 aromatic rings. The lowest BCUT2D eigenvalue weighted by molar-refractivity contribution is -0.156. The maximum Gasteiger partial charge on any atom is 0.511 e. The van der Waals surface area contributed by atoms with E-state index in [2.05, 4.69) is 14.7 Å². The number of carboxylic acid groups (broad SMARTS) is 1. The van der Waals surface area contributed by atoms with Crippen LogP contribution in [0.5, 0.6) is 5.75 Å². The van der Waals surface area contributed by atoms with Gasteiger partial charge in [-0.2, -0.15) is 0 Å². The van der Waals surface area contributed by atoms with Gasteiger partial charge in [0.15, 0.2) is 5.75 Å². The van der Waals surface area contributed by atoms with Gasteiger partial charge in [0.1, 0.15) is 11.6 Å². The van der Waals surface area contributed by atoms with E-state index in [1.807, 2.05) is 20.8 Å². The van der Waals surface area contributed by atoms with Crippen LogP contribution in [0, 0.1) is 0 Å². The summed E-state index contributed by atoms with van der Waals surface area (Å²) in [6, 6.07) is -0.425. The maximum absolute atomic E-state index is 12.2. The van der Waals surface area contributed by atoms with Crippen LogP contribution >= 0.6 is 0 Å². The van der Waals surface area contributed by atoms with Gasteiger partial charge in [0, 0.05) is 6.54 Å². The van der Waals surface area contributed by atoms with E-state index in [4.69, 9.17) is 9.84 Å². The molecule has 0 bridgehead atoms. The molecule has 1 saturated heterocycles. The Morgan fingerprint density at radius 3 is 2.50 bits per heavy atom. The van der Waals surface area contributed by atoms with Crippen molar-refractivity contribution in [1.82, 2.24) is 9.97 Å². The number of carbonyl (C=O) groups is 2. The molecule has 120 valence electrons. The van der Waals surface area contributed by atoms with Crippen molar-refractivity contribution < 1.29 is 24.2 Å². The topological polar surface area (TPSA) is 102 Å². The summed E-state index contributed by atoms with van der Waals surface area (Å²) in [5, 5.41) is 8.52. The molecular formula is C14H19N3O5. The molecule has 1 aliphatic heterocycles. The van der Waals surface area contributed by atoms with Crippen molar-refractivity contribution in [3.8, 4) is 5.75 Å². The number of rotatable bonds is 3. The molecule has 8 nitrogen and oxygen atoms in total. The van der Waals surface area contributed by atoms with Crippen LogP contribution in [0.1, 0.15) is 33.6 Å². The van der Waals surface area contributed by atoms with E-state index >= 15 is 0 Å². The summed E-state index contributed by atoms with van der Waals surface area (Å²) in [6.45, 7) is 6.10. The van der Waals surface area contributed by atoms with E-state index in [1.54, 1.807) is 4.90 Å². The second-order valence-corrected chi connectivity index (χ2v) is 5.97. The Morgan fingerprint density at radius 1 is 1.32 bits per heavy atom. The van der Waals surface area contributed by atoms with Crippen molar-refractivity contribution in [3.63, 3.8) is 0 Å². The number of nitrogens with zero attached hydrogens (tertiary/aromatic N) is 3. The highest BCUT2D eigenvalue weighted by molar-refractivity contribution is 5.80. The predicted octanol–water partition coefficient (Wildman–Crippen LogP) is 1.84. The van der Waals surface area contributed by atoms with E-state index < -0.39 is 17.8 Å². The van der Waals surface area contributed by atoms with Gasteiger partial charge in [-0.3, -0.25) is 0 Å². The molecule has 8 heteroatoms.